The Bertz CT molecular complexity index is 471. The second kappa shape index (κ2) is 6.56. The van der Waals surface area contributed by atoms with Crippen molar-refractivity contribution in [3.05, 3.63) is 0 Å². The Labute approximate surface area is 136 Å². The highest BCUT2D eigenvalue weighted by molar-refractivity contribution is 6.71. The molecule has 0 radical (unpaired) electrons. The molecule has 0 spiro atoms. The minimum atomic E-state index is -5.02. The molecule has 1 heterocycles. The van der Waals surface area contributed by atoms with Gasteiger partial charge in [0.05, 0.1) is 6.10 Å². The van der Waals surface area contributed by atoms with Gasteiger partial charge in [-0.25, -0.2) is 0 Å². The third-order valence-electron chi connectivity index (χ3n) is 2.97. The van der Waals surface area contributed by atoms with Crippen molar-refractivity contribution < 1.29 is 31.6 Å². The molecule has 0 aromatic carbocycles. The lowest BCUT2D eigenvalue weighted by molar-refractivity contribution is -0.188. The number of rotatable bonds is 4. The number of hydrogen-bond donors (Lipinski definition) is 0. The lowest BCUT2D eigenvalue weighted by Gasteiger charge is -2.27. The Kier molecular flexibility index (Phi) is 5.75. The van der Waals surface area contributed by atoms with Gasteiger partial charge in [0.1, 0.15) is 6.04 Å². The molecule has 1 fully saturated rings. The van der Waals surface area contributed by atoms with Crippen LogP contribution in [0.4, 0.5) is 13.2 Å². The van der Waals surface area contributed by atoms with Crippen LogP contribution in [0.5, 0.6) is 0 Å². The second-order valence-corrected chi connectivity index (χ2v) is 16.5. The van der Waals surface area contributed by atoms with E-state index in [2.05, 4.69) is 0 Å². The van der Waals surface area contributed by atoms with E-state index >= 15 is 0 Å². The van der Waals surface area contributed by atoms with Gasteiger partial charge in [-0.05, 0) is 39.3 Å². The summed E-state index contributed by atoms with van der Waals surface area (Å²) in [7, 11) is -4.27. The average molecular weight is 372 g/mol. The molecule has 2 atom stereocenters. The summed E-state index contributed by atoms with van der Waals surface area (Å²) in [6, 6.07) is -1.24. The van der Waals surface area contributed by atoms with Crippen LogP contribution in [0.1, 0.15) is 6.42 Å². The number of amides is 1. The lowest BCUT2D eigenvalue weighted by Crippen LogP contribution is -2.49. The molecular weight excluding hydrogens is 347 g/mol. The summed E-state index contributed by atoms with van der Waals surface area (Å²) in [6.45, 7) is 10.7. The summed E-state index contributed by atoms with van der Waals surface area (Å²) < 4.78 is 49.4. The Morgan fingerprint density at radius 2 is 1.57 bits per heavy atom. The Balaban J connectivity index is 2.97. The summed E-state index contributed by atoms with van der Waals surface area (Å²) in [5, 5.41) is 0. The van der Waals surface area contributed by atoms with E-state index in [0.29, 0.717) is 4.90 Å². The number of hydrogen-bond acceptors (Lipinski definition) is 4. The Morgan fingerprint density at radius 3 is 1.96 bits per heavy atom. The molecule has 0 aromatic rings. The molecule has 1 saturated heterocycles. The highest BCUT2D eigenvalue weighted by atomic mass is 28.4. The fraction of sp³-hybridized carbons (Fsp3) is 0.846. The van der Waals surface area contributed by atoms with Crippen molar-refractivity contribution in [3.8, 4) is 0 Å². The molecule has 0 bridgehead atoms. The van der Waals surface area contributed by atoms with E-state index in [1.165, 1.54) is 0 Å². The molecule has 1 aliphatic rings. The molecule has 134 valence electrons. The maximum atomic E-state index is 12.8. The van der Waals surface area contributed by atoms with Crippen LogP contribution in [-0.4, -0.2) is 58.3 Å². The Hall–Kier alpha value is -0.876. The molecule has 0 aromatic heterocycles. The first-order valence-corrected chi connectivity index (χ1v) is 14.2. The van der Waals surface area contributed by atoms with Gasteiger partial charge in [-0.2, -0.15) is 13.2 Å². The number of carbonyl (C=O) groups excluding carboxylic acids is 2. The average Bonchev–Trinajstić information content (AvgIpc) is 2.65. The molecule has 5 nitrogen and oxygen atoms in total. The van der Waals surface area contributed by atoms with E-state index in [4.69, 9.17) is 8.85 Å². The second-order valence-electron chi connectivity index (χ2n) is 7.59. The van der Waals surface area contributed by atoms with Crippen LogP contribution in [0.2, 0.25) is 39.3 Å². The molecule has 0 aliphatic carbocycles. The molecule has 1 rings (SSSR count). The SMILES string of the molecule is C[Si](C)(C)OC(=O)[C@@H]1CC(O[Si](C)(C)C)CN1C(=O)C(F)(F)F. The summed E-state index contributed by atoms with van der Waals surface area (Å²) in [6.07, 6.45) is -5.56. The molecule has 0 saturated carbocycles. The quantitative estimate of drug-likeness (QED) is 0.713. The van der Waals surface area contributed by atoms with Crippen molar-refractivity contribution in [3.63, 3.8) is 0 Å². The smallest absolute Gasteiger partial charge is 0.471 e. The monoisotopic (exact) mass is 371 g/mol. The van der Waals surface area contributed by atoms with Crippen LogP contribution in [0, 0.1) is 0 Å². The topological polar surface area (TPSA) is 55.8 Å². The predicted molar refractivity (Wildman–Crippen MR) is 83.8 cm³/mol. The van der Waals surface area contributed by atoms with Crippen LogP contribution in [0.15, 0.2) is 0 Å². The Morgan fingerprint density at radius 1 is 1.04 bits per heavy atom. The normalized spacial score (nSPS) is 23.1. The molecule has 1 amide bonds. The van der Waals surface area contributed by atoms with Crippen molar-refractivity contribution in [1.82, 2.24) is 4.90 Å². The molecule has 0 N–H and O–H groups in total. The minimum absolute atomic E-state index is 0.0371. The zero-order valence-electron chi connectivity index (χ0n) is 14.3. The molecule has 1 unspecified atom stereocenters. The highest BCUT2D eigenvalue weighted by Crippen LogP contribution is 2.29. The minimum Gasteiger partial charge on any atom is -0.518 e. The van der Waals surface area contributed by atoms with Crippen LogP contribution < -0.4 is 0 Å². The van der Waals surface area contributed by atoms with Crippen LogP contribution in [0.25, 0.3) is 0 Å². The molecular formula is C13H24F3NO4Si2. The van der Waals surface area contributed by atoms with Gasteiger partial charge in [0.2, 0.25) is 8.32 Å². The summed E-state index contributed by atoms with van der Waals surface area (Å²) in [5.41, 5.74) is 0. The first kappa shape index (κ1) is 20.2. The summed E-state index contributed by atoms with van der Waals surface area (Å²) in [4.78, 5) is 24.4. The number of halogens is 3. The van der Waals surface area contributed by atoms with Crippen molar-refractivity contribution in [2.75, 3.05) is 6.54 Å². The zero-order chi connectivity index (χ0) is 18.2. The standard InChI is InChI=1S/C13H24F3NO4Si2/c1-22(2,3)20-9-7-10(11(18)21-23(4,5)6)17(8-9)12(19)13(14,15)16/h9-10H,7-8H2,1-6H3/t9?,10-/m0/s1. The number of alkyl halides is 3. The van der Waals surface area contributed by atoms with Crippen LogP contribution in [-0.2, 0) is 18.4 Å². The molecule has 10 heteroatoms. The van der Waals surface area contributed by atoms with E-state index in [9.17, 15) is 22.8 Å². The zero-order valence-corrected chi connectivity index (χ0v) is 16.3. The van der Waals surface area contributed by atoms with Crippen LogP contribution in [0.3, 0.4) is 0 Å². The van der Waals surface area contributed by atoms with Gasteiger partial charge < -0.3 is 13.8 Å². The third-order valence-corrected chi connectivity index (χ3v) is 4.82. The van der Waals surface area contributed by atoms with Gasteiger partial charge in [0.15, 0.2) is 8.32 Å². The first-order valence-electron chi connectivity index (χ1n) is 7.38. The van der Waals surface area contributed by atoms with Crippen molar-refractivity contribution >= 4 is 28.5 Å². The van der Waals surface area contributed by atoms with Gasteiger partial charge in [0.25, 0.3) is 0 Å². The third kappa shape index (κ3) is 6.26. The van der Waals surface area contributed by atoms with E-state index in [-0.39, 0.29) is 13.0 Å². The van der Waals surface area contributed by atoms with E-state index in [1.807, 2.05) is 19.6 Å². The first-order chi connectivity index (χ1) is 10.1. The number of likely N-dealkylation sites (tertiary alicyclic amines) is 1. The largest absolute Gasteiger partial charge is 0.518 e. The van der Waals surface area contributed by atoms with Gasteiger partial charge >= 0.3 is 18.1 Å². The summed E-state index contributed by atoms with van der Waals surface area (Å²) in [5.74, 6) is -2.79. The van der Waals surface area contributed by atoms with Gasteiger partial charge in [-0.1, -0.05) is 0 Å². The van der Waals surface area contributed by atoms with E-state index in [1.54, 1.807) is 19.6 Å². The fourth-order valence-corrected chi connectivity index (χ4v) is 4.27. The van der Waals surface area contributed by atoms with Gasteiger partial charge in [0, 0.05) is 13.0 Å². The lowest BCUT2D eigenvalue weighted by atomic mass is 10.2. The van der Waals surface area contributed by atoms with Gasteiger partial charge in [-0.3, -0.25) is 9.59 Å². The maximum Gasteiger partial charge on any atom is 0.471 e. The van der Waals surface area contributed by atoms with E-state index in [0.717, 1.165) is 0 Å². The molecule has 23 heavy (non-hydrogen) atoms. The number of carbonyl (C=O) groups is 2. The van der Waals surface area contributed by atoms with Crippen molar-refractivity contribution in [2.45, 2.75) is 64.0 Å². The van der Waals surface area contributed by atoms with Crippen molar-refractivity contribution in [1.29, 1.82) is 0 Å². The van der Waals surface area contributed by atoms with E-state index < -0.39 is 46.8 Å². The number of nitrogens with zero attached hydrogens (tertiary/aromatic N) is 1. The highest BCUT2D eigenvalue weighted by Gasteiger charge is 2.51. The maximum absolute atomic E-state index is 12.8. The molecule has 1 aliphatic heterocycles. The van der Waals surface area contributed by atoms with Crippen molar-refractivity contribution in [2.24, 2.45) is 0 Å². The predicted octanol–water partition coefficient (Wildman–Crippen LogP) is 2.75. The van der Waals surface area contributed by atoms with Gasteiger partial charge in [-0.15, -0.1) is 0 Å². The fourth-order valence-electron chi connectivity index (χ4n) is 2.36. The summed E-state index contributed by atoms with van der Waals surface area (Å²) >= 11 is 0. The van der Waals surface area contributed by atoms with Crippen LogP contribution >= 0.6 is 0 Å².